The molecule has 2 nitrogen and oxygen atoms in total. The van der Waals surface area contributed by atoms with E-state index in [2.05, 4.69) is 19.1 Å². The Labute approximate surface area is 97.6 Å². The van der Waals surface area contributed by atoms with Crippen LogP contribution in [0.3, 0.4) is 0 Å². The topological polar surface area (TPSA) is 26.3 Å². The number of ether oxygens (including phenoxy) is 1. The third-order valence-electron chi connectivity index (χ3n) is 2.17. The van der Waals surface area contributed by atoms with Gasteiger partial charge in [0.15, 0.2) is 0 Å². The fourth-order valence-corrected chi connectivity index (χ4v) is 1.50. The molecule has 0 saturated carbocycles. The van der Waals surface area contributed by atoms with E-state index in [-0.39, 0.29) is 5.97 Å². The third kappa shape index (κ3) is 4.47. The highest BCUT2D eigenvalue weighted by molar-refractivity contribution is 5.73. The van der Waals surface area contributed by atoms with Gasteiger partial charge in [0.1, 0.15) is 5.60 Å². The average molecular weight is 220 g/mol. The lowest BCUT2D eigenvalue weighted by atomic mass is 10.1. The van der Waals surface area contributed by atoms with Crippen molar-refractivity contribution in [3.8, 4) is 0 Å². The zero-order valence-corrected chi connectivity index (χ0v) is 10.5. The minimum Gasteiger partial charge on any atom is -0.460 e. The van der Waals surface area contributed by atoms with Crippen molar-refractivity contribution in [2.45, 2.75) is 46.1 Å². The molecule has 0 aromatic heterocycles. The Hall–Kier alpha value is -1.31. The number of benzene rings is 1. The molecule has 0 amide bonds. The summed E-state index contributed by atoms with van der Waals surface area (Å²) < 4.78 is 5.28. The second-order valence-corrected chi connectivity index (χ2v) is 4.94. The molecule has 0 aliphatic carbocycles. The van der Waals surface area contributed by atoms with Crippen LogP contribution in [0.5, 0.6) is 0 Å². The number of esters is 1. The van der Waals surface area contributed by atoms with Crippen molar-refractivity contribution in [2.24, 2.45) is 0 Å². The summed E-state index contributed by atoms with van der Waals surface area (Å²) in [5.74, 6) is -0.166. The fraction of sp³-hybridized carbons (Fsp3) is 0.500. The van der Waals surface area contributed by atoms with Gasteiger partial charge in [-0.1, -0.05) is 31.2 Å². The van der Waals surface area contributed by atoms with E-state index in [1.165, 1.54) is 5.56 Å². The predicted octanol–water partition coefficient (Wildman–Crippen LogP) is 3.13. The lowest BCUT2D eigenvalue weighted by molar-refractivity contribution is -0.153. The molecule has 0 heterocycles. The van der Waals surface area contributed by atoms with Gasteiger partial charge in [-0.2, -0.15) is 0 Å². The Morgan fingerprint density at radius 3 is 2.44 bits per heavy atom. The van der Waals surface area contributed by atoms with Crippen LogP contribution in [-0.4, -0.2) is 11.6 Å². The SMILES string of the molecule is CCc1cccc(CC(=O)OC(C)(C)C)c1. The van der Waals surface area contributed by atoms with Crippen molar-refractivity contribution in [1.29, 1.82) is 0 Å². The molecule has 0 atom stereocenters. The Bertz CT molecular complexity index is 361. The number of aryl methyl sites for hydroxylation is 1. The van der Waals surface area contributed by atoms with Crippen molar-refractivity contribution in [1.82, 2.24) is 0 Å². The van der Waals surface area contributed by atoms with Crippen molar-refractivity contribution >= 4 is 5.97 Å². The largest absolute Gasteiger partial charge is 0.460 e. The Kier molecular flexibility index (Phi) is 4.11. The summed E-state index contributed by atoms with van der Waals surface area (Å²) in [6.07, 6.45) is 1.34. The highest BCUT2D eigenvalue weighted by Gasteiger charge is 2.16. The van der Waals surface area contributed by atoms with Crippen LogP contribution in [0.25, 0.3) is 0 Å². The molecule has 1 aromatic carbocycles. The summed E-state index contributed by atoms with van der Waals surface area (Å²) in [7, 11) is 0. The van der Waals surface area contributed by atoms with Crippen LogP contribution in [0.2, 0.25) is 0 Å². The molecule has 88 valence electrons. The van der Waals surface area contributed by atoms with Crippen molar-refractivity contribution in [3.05, 3.63) is 35.4 Å². The standard InChI is InChI=1S/C14H20O2/c1-5-11-7-6-8-12(9-11)10-13(15)16-14(2,3)4/h6-9H,5,10H2,1-4H3. The van der Waals surface area contributed by atoms with Gasteiger partial charge in [0.25, 0.3) is 0 Å². The Morgan fingerprint density at radius 2 is 1.88 bits per heavy atom. The van der Waals surface area contributed by atoms with Crippen molar-refractivity contribution < 1.29 is 9.53 Å². The van der Waals surface area contributed by atoms with E-state index in [0.29, 0.717) is 6.42 Å². The van der Waals surface area contributed by atoms with Gasteiger partial charge in [-0.15, -0.1) is 0 Å². The van der Waals surface area contributed by atoms with Crippen molar-refractivity contribution in [3.63, 3.8) is 0 Å². The van der Waals surface area contributed by atoms with Crippen LogP contribution >= 0.6 is 0 Å². The molecule has 0 saturated heterocycles. The van der Waals surface area contributed by atoms with Gasteiger partial charge in [0.05, 0.1) is 6.42 Å². The molecular weight excluding hydrogens is 200 g/mol. The first-order valence-corrected chi connectivity index (χ1v) is 5.70. The van der Waals surface area contributed by atoms with Gasteiger partial charge in [-0.25, -0.2) is 0 Å². The summed E-state index contributed by atoms with van der Waals surface area (Å²) in [6, 6.07) is 8.07. The first-order chi connectivity index (χ1) is 7.40. The molecule has 0 fully saturated rings. The first kappa shape index (κ1) is 12.8. The molecule has 2 heteroatoms. The molecule has 0 unspecified atom stereocenters. The molecule has 1 aromatic rings. The van der Waals surface area contributed by atoms with E-state index in [1.807, 2.05) is 32.9 Å². The summed E-state index contributed by atoms with van der Waals surface area (Å²) >= 11 is 0. The lowest BCUT2D eigenvalue weighted by Gasteiger charge is -2.19. The van der Waals surface area contributed by atoms with Gasteiger partial charge < -0.3 is 4.74 Å². The van der Waals surface area contributed by atoms with Crippen LogP contribution in [0.1, 0.15) is 38.8 Å². The normalized spacial score (nSPS) is 11.2. The third-order valence-corrected chi connectivity index (χ3v) is 2.17. The molecule has 0 N–H and O–H groups in total. The monoisotopic (exact) mass is 220 g/mol. The van der Waals surface area contributed by atoms with Crippen molar-refractivity contribution in [2.75, 3.05) is 0 Å². The zero-order chi connectivity index (χ0) is 12.2. The summed E-state index contributed by atoms with van der Waals surface area (Å²) in [4.78, 5) is 11.6. The van der Waals surface area contributed by atoms with Gasteiger partial charge >= 0.3 is 5.97 Å². The summed E-state index contributed by atoms with van der Waals surface area (Å²) in [5.41, 5.74) is 1.87. The van der Waals surface area contributed by atoms with Gasteiger partial charge in [0.2, 0.25) is 0 Å². The smallest absolute Gasteiger partial charge is 0.310 e. The maximum absolute atomic E-state index is 11.6. The number of carbonyl (C=O) groups excluding carboxylic acids is 1. The number of carbonyl (C=O) groups is 1. The van der Waals surface area contributed by atoms with Gasteiger partial charge in [-0.05, 0) is 38.3 Å². The van der Waals surface area contributed by atoms with E-state index in [1.54, 1.807) is 0 Å². The molecule has 16 heavy (non-hydrogen) atoms. The van der Waals surface area contributed by atoms with Gasteiger partial charge in [0, 0.05) is 0 Å². The molecule has 0 bridgehead atoms. The van der Waals surface area contributed by atoms with E-state index < -0.39 is 5.60 Å². The summed E-state index contributed by atoms with van der Waals surface area (Å²) in [5, 5.41) is 0. The van der Waals surface area contributed by atoms with Crippen LogP contribution in [0.15, 0.2) is 24.3 Å². The number of hydrogen-bond donors (Lipinski definition) is 0. The minimum absolute atomic E-state index is 0.166. The quantitative estimate of drug-likeness (QED) is 0.731. The molecule has 0 aliphatic rings. The minimum atomic E-state index is -0.403. The fourth-order valence-electron chi connectivity index (χ4n) is 1.50. The second-order valence-electron chi connectivity index (χ2n) is 4.94. The van der Waals surface area contributed by atoms with E-state index in [0.717, 1.165) is 12.0 Å². The number of hydrogen-bond acceptors (Lipinski definition) is 2. The second kappa shape index (κ2) is 5.15. The van der Waals surface area contributed by atoms with E-state index >= 15 is 0 Å². The molecule has 1 rings (SSSR count). The Balaban J connectivity index is 2.62. The van der Waals surface area contributed by atoms with E-state index in [4.69, 9.17) is 4.74 Å². The number of rotatable bonds is 3. The lowest BCUT2D eigenvalue weighted by Crippen LogP contribution is -2.24. The van der Waals surface area contributed by atoms with E-state index in [9.17, 15) is 4.79 Å². The molecule has 0 radical (unpaired) electrons. The predicted molar refractivity (Wildman–Crippen MR) is 65.4 cm³/mol. The first-order valence-electron chi connectivity index (χ1n) is 5.70. The molecule has 0 aliphatic heterocycles. The zero-order valence-electron chi connectivity index (χ0n) is 10.5. The van der Waals surface area contributed by atoms with Crippen LogP contribution in [-0.2, 0) is 22.4 Å². The highest BCUT2D eigenvalue weighted by Crippen LogP contribution is 2.11. The summed E-state index contributed by atoms with van der Waals surface area (Å²) in [6.45, 7) is 7.75. The maximum atomic E-state index is 11.6. The van der Waals surface area contributed by atoms with Crippen LogP contribution in [0.4, 0.5) is 0 Å². The maximum Gasteiger partial charge on any atom is 0.310 e. The molecular formula is C14H20O2. The Morgan fingerprint density at radius 1 is 1.25 bits per heavy atom. The average Bonchev–Trinajstić information content (AvgIpc) is 2.15. The van der Waals surface area contributed by atoms with Gasteiger partial charge in [-0.3, -0.25) is 4.79 Å². The van der Waals surface area contributed by atoms with Crippen LogP contribution in [0, 0.1) is 0 Å². The van der Waals surface area contributed by atoms with Crippen LogP contribution < -0.4 is 0 Å². The molecule has 0 spiro atoms. The highest BCUT2D eigenvalue weighted by atomic mass is 16.6.